The van der Waals surface area contributed by atoms with Gasteiger partial charge in [-0.25, -0.2) is 0 Å². The summed E-state index contributed by atoms with van der Waals surface area (Å²) in [6.45, 7) is 8.09. The normalized spacial score (nSPS) is 16.8. The summed E-state index contributed by atoms with van der Waals surface area (Å²) in [7, 11) is 0. The zero-order chi connectivity index (χ0) is 12.8. The van der Waals surface area contributed by atoms with E-state index in [-0.39, 0.29) is 0 Å². The Morgan fingerprint density at radius 3 is 2.83 bits per heavy atom. The van der Waals surface area contributed by atoms with Crippen molar-refractivity contribution in [1.29, 1.82) is 0 Å². The third kappa shape index (κ3) is 3.56. The lowest BCUT2D eigenvalue weighted by molar-refractivity contribution is 0.178. The summed E-state index contributed by atoms with van der Waals surface area (Å²) >= 11 is 0. The molecule has 1 N–H and O–H groups in total. The minimum atomic E-state index is 0.748. The van der Waals surface area contributed by atoms with Crippen LogP contribution in [0.5, 0.6) is 0 Å². The van der Waals surface area contributed by atoms with Crippen molar-refractivity contribution >= 4 is 0 Å². The number of nitrogens with zero attached hydrogens (tertiary/aromatic N) is 2. The van der Waals surface area contributed by atoms with Crippen LogP contribution in [-0.4, -0.2) is 29.2 Å². The highest BCUT2D eigenvalue weighted by Crippen LogP contribution is 2.24. The molecule has 0 unspecified atom stereocenters. The molecular formula is C14H25N3O. The van der Waals surface area contributed by atoms with Gasteiger partial charge in [0.05, 0.1) is 12.2 Å². The lowest BCUT2D eigenvalue weighted by Crippen LogP contribution is -2.32. The van der Waals surface area contributed by atoms with Gasteiger partial charge in [0.25, 0.3) is 0 Å². The summed E-state index contributed by atoms with van der Waals surface area (Å²) < 4.78 is 5.42. The smallest absolute Gasteiger partial charge is 0.151 e. The molecule has 0 radical (unpaired) electrons. The monoisotopic (exact) mass is 251 g/mol. The van der Waals surface area contributed by atoms with E-state index in [0.29, 0.717) is 0 Å². The summed E-state index contributed by atoms with van der Waals surface area (Å²) in [6, 6.07) is 2.83. The molecule has 4 heteroatoms. The van der Waals surface area contributed by atoms with Crippen molar-refractivity contribution in [3.8, 4) is 0 Å². The Bertz CT molecular complexity index is 345. The number of rotatable bonds is 7. The van der Waals surface area contributed by atoms with E-state index in [9.17, 15) is 0 Å². The molecule has 0 atom stereocenters. The molecule has 0 spiro atoms. The molecule has 18 heavy (non-hydrogen) atoms. The van der Waals surface area contributed by atoms with Crippen LogP contribution in [0, 0.1) is 0 Å². The Hall–Kier alpha value is -0.870. The Kier molecular flexibility index (Phi) is 5.20. The van der Waals surface area contributed by atoms with Crippen molar-refractivity contribution in [2.45, 2.75) is 58.7 Å². The molecule has 0 aliphatic heterocycles. The maximum atomic E-state index is 5.42. The van der Waals surface area contributed by atoms with Gasteiger partial charge in [-0.15, -0.1) is 0 Å². The van der Waals surface area contributed by atoms with Crippen LogP contribution in [0.3, 0.4) is 0 Å². The van der Waals surface area contributed by atoms with Gasteiger partial charge in [0.2, 0.25) is 0 Å². The molecule has 1 fully saturated rings. The summed E-state index contributed by atoms with van der Waals surface area (Å²) in [5.41, 5.74) is 1.01. The van der Waals surface area contributed by atoms with Crippen molar-refractivity contribution in [3.63, 3.8) is 0 Å². The van der Waals surface area contributed by atoms with Crippen LogP contribution < -0.4 is 5.32 Å². The predicted molar refractivity (Wildman–Crippen MR) is 72.2 cm³/mol. The molecule has 0 saturated heterocycles. The molecule has 102 valence electrons. The molecule has 1 aliphatic rings. The Morgan fingerprint density at radius 1 is 1.39 bits per heavy atom. The van der Waals surface area contributed by atoms with Gasteiger partial charge in [-0.1, -0.05) is 31.8 Å². The molecule has 1 aliphatic carbocycles. The molecule has 0 aromatic carbocycles. The Balaban J connectivity index is 1.88. The molecule has 1 saturated carbocycles. The molecule has 2 rings (SSSR count). The number of hydrogen-bond donors (Lipinski definition) is 1. The first-order valence-electron chi connectivity index (χ1n) is 7.22. The highest BCUT2D eigenvalue weighted by Gasteiger charge is 2.22. The zero-order valence-electron chi connectivity index (χ0n) is 11.6. The van der Waals surface area contributed by atoms with Gasteiger partial charge in [-0.2, -0.15) is 0 Å². The Morgan fingerprint density at radius 2 is 2.17 bits per heavy atom. The third-order valence-electron chi connectivity index (χ3n) is 3.77. The maximum Gasteiger partial charge on any atom is 0.151 e. The second-order valence-electron chi connectivity index (χ2n) is 5.07. The summed E-state index contributed by atoms with van der Waals surface area (Å²) in [6.07, 6.45) is 5.44. The first-order chi connectivity index (χ1) is 8.83. The van der Waals surface area contributed by atoms with E-state index < -0.39 is 0 Å². The van der Waals surface area contributed by atoms with Gasteiger partial charge in [0.15, 0.2) is 5.76 Å². The third-order valence-corrected chi connectivity index (χ3v) is 3.77. The second kappa shape index (κ2) is 6.90. The lowest BCUT2D eigenvalue weighted by atomic mass is 10.2. The van der Waals surface area contributed by atoms with Crippen molar-refractivity contribution in [3.05, 3.63) is 17.5 Å². The molecule has 4 nitrogen and oxygen atoms in total. The minimum absolute atomic E-state index is 0.748. The fraction of sp³-hybridized carbons (Fsp3) is 0.786. The maximum absolute atomic E-state index is 5.42. The van der Waals surface area contributed by atoms with E-state index in [1.165, 1.54) is 25.7 Å². The van der Waals surface area contributed by atoms with Crippen molar-refractivity contribution in [2.75, 3.05) is 13.1 Å². The second-order valence-corrected chi connectivity index (χ2v) is 5.07. The van der Waals surface area contributed by atoms with Gasteiger partial charge in [0.1, 0.15) is 0 Å². The quantitative estimate of drug-likeness (QED) is 0.808. The molecule has 0 amide bonds. The van der Waals surface area contributed by atoms with Gasteiger partial charge in [0, 0.05) is 18.7 Å². The largest absolute Gasteiger partial charge is 0.360 e. The fourth-order valence-corrected chi connectivity index (χ4v) is 2.74. The fourth-order valence-electron chi connectivity index (χ4n) is 2.74. The lowest BCUT2D eigenvalue weighted by Gasteiger charge is -2.25. The summed E-state index contributed by atoms with van der Waals surface area (Å²) in [4.78, 5) is 2.52. The van der Waals surface area contributed by atoms with Crippen molar-refractivity contribution in [2.24, 2.45) is 0 Å². The van der Waals surface area contributed by atoms with Crippen LogP contribution in [0.15, 0.2) is 10.6 Å². The molecule has 1 aromatic rings. The molecule has 1 heterocycles. The van der Waals surface area contributed by atoms with Crippen LogP contribution in [0.2, 0.25) is 0 Å². The molecular weight excluding hydrogens is 226 g/mol. The summed E-state index contributed by atoms with van der Waals surface area (Å²) in [5.74, 6) is 0.997. The first-order valence-corrected chi connectivity index (χ1v) is 7.22. The predicted octanol–water partition coefficient (Wildman–Crippen LogP) is 2.55. The van der Waals surface area contributed by atoms with E-state index >= 15 is 0 Å². The van der Waals surface area contributed by atoms with Crippen LogP contribution >= 0.6 is 0 Å². The Labute approximate surface area is 110 Å². The molecule has 0 bridgehead atoms. The highest BCUT2D eigenvalue weighted by atomic mass is 16.5. The molecule has 1 aromatic heterocycles. The van der Waals surface area contributed by atoms with E-state index in [1.807, 2.05) is 0 Å². The van der Waals surface area contributed by atoms with Gasteiger partial charge >= 0.3 is 0 Å². The van der Waals surface area contributed by atoms with Gasteiger partial charge in [-0.3, -0.25) is 4.90 Å². The van der Waals surface area contributed by atoms with E-state index in [1.54, 1.807) is 0 Å². The van der Waals surface area contributed by atoms with Crippen LogP contribution in [0.4, 0.5) is 0 Å². The number of nitrogens with one attached hydrogen (secondary N) is 1. The van der Waals surface area contributed by atoms with Gasteiger partial charge < -0.3 is 9.84 Å². The number of hydrogen-bond acceptors (Lipinski definition) is 4. The highest BCUT2D eigenvalue weighted by molar-refractivity contribution is 5.05. The van der Waals surface area contributed by atoms with Crippen LogP contribution in [0.1, 0.15) is 51.0 Å². The van der Waals surface area contributed by atoms with Crippen LogP contribution in [-0.2, 0) is 13.1 Å². The zero-order valence-corrected chi connectivity index (χ0v) is 11.6. The average Bonchev–Trinajstić information content (AvgIpc) is 3.04. The van der Waals surface area contributed by atoms with Gasteiger partial charge in [-0.05, 0) is 25.9 Å². The van der Waals surface area contributed by atoms with E-state index in [0.717, 1.165) is 43.7 Å². The van der Waals surface area contributed by atoms with E-state index in [4.69, 9.17) is 4.52 Å². The van der Waals surface area contributed by atoms with Crippen molar-refractivity contribution in [1.82, 2.24) is 15.4 Å². The van der Waals surface area contributed by atoms with E-state index in [2.05, 4.69) is 35.3 Å². The SMILES string of the molecule is CCNCc1cc(CN(CC)C2CCCC2)on1. The topological polar surface area (TPSA) is 41.3 Å². The average molecular weight is 251 g/mol. The first kappa shape index (κ1) is 13.6. The minimum Gasteiger partial charge on any atom is -0.360 e. The van der Waals surface area contributed by atoms with Crippen molar-refractivity contribution < 1.29 is 4.52 Å². The standard InChI is InChI=1S/C14H25N3O/c1-3-15-10-12-9-14(18-16-12)11-17(4-2)13-7-5-6-8-13/h9,13,15H,3-8,10-11H2,1-2H3. The van der Waals surface area contributed by atoms with Crippen LogP contribution in [0.25, 0.3) is 0 Å². The summed E-state index contributed by atoms with van der Waals surface area (Å²) in [5, 5.41) is 7.37. The number of aromatic nitrogens is 1.